The summed E-state index contributed by atoms with van der Waals surface area (Å²) in [5.74, 6) is 0.324. The van der Waals surface area contributed by atoms with Gasteiger partial charge in [-0.3, -0.25) is 4.79 Å². The van der Waals surface area contributed by atoms with Gasteiger partial charge < -0.3 is 15.4 Å². The van der Waals surface area contributed by atoms with Crippen LogP contribution in [0.4, 0.5) is 5.69 Å². The van der Waals surface area contributed by atoms with Crippen LogP contribution in [-0.4, -0.2) is 13.0 Å². The molecule has 0 aliphatic heterocycles. The molecule has 2 aromatic rings. The minimum atomic E-state index is -0.427. The Kier molecular flexibility index (Phi) is 6.83. The fraction of sp³-hybridized carbons (Fsp3) is 0.158. The number of nitriles is 1. The molecule has 6 heteroatoms. The van der Waals surface area contributed by atoms with E-state index in [1.807, 2.05) is 61.5 Å². The van der Waals surface area contributed by atoms with Gasteiger partial charge in [0.15, 0.2) is 0 Å². The zero-order valence-electron chi connectivity index (χ0n) is 13.9. The minimum Gasteiger partial charge on any atom is -0.497 e. The summed E-state index contributed by atoms with van der Waals surface area (Å²) < 4.78 is 6.23. The first-order valence-electron chi connectivity index (χ1n) is 7.60. The molecule has 2 aromatic carbocycles. The normalized spacial score (nSPS) is 12.0. The van der Waals surface area contributed by atoms with E-state index in [4.69, 9.17) is 4.74 Å². The summed E-state index contributed by atoms with van der Waals surface area (Å²) in [5, 5.41) is 15.0. The van der Waals surface area contributed by atoms with Gasteiger partial charge in [-0.05, 0) is 71.5 Å². The van der Waals surface area contributed by atoms with Gasteiger partial charge >= 0.3 is 0 Å². The molecule has 0 saturated carbocycles. The van der Waals surface area contributed by atoms with E-state index in [1.165, 1.54) is 6.20 Å². The summed E-state index contributed by atoms with van der Waals surface area (Å²) >= 11 is 2.21. The molecule has 128 valence electrons. The Morgan fingerprint density at radius 3 is 2.40 bits per heavy atom. The third kappa shape index (κ3) is 5.50. The quantitative estimate of drug-likeness (QED) is 0.399. The third-order valence-electron chi connectivity index (χ3n) is 3.56. The maximum atomic E-state index is 12.3. The van der Waals surface area contributed by atoms with Gasteiger partial charge in [-0.2, -0.15) is 5.26 Å². The fourth-order valence-corrected chi connectivity index (χ4v) is 2.46. The maximum Gasteiger partial charge on any atom is 0.263 e. The maximum absolute atomic E-state index is 12.3. The molecule has 0 spiro atoms. The van der Waals surface area contributed by atoms with Crippen LogP contribution in [0.2, 0.25) is 0 Å². The van der Waals surface area contributed by atoms with Crippen molar-refractivity contribution in [2.75, 3.05) is 12.4 Å². The third-order valence-corrected chi connectivity index (χ3v) is 4.28. The van der Waals surface area contributed by atoms with E-state index < -0.39 is 5.91 Å². The highest BCUT2D eigenvalue weighted by Crippen LogP contribution is 2.17. The van der Waals surface area contributed by atoms with Crippen molar-refractivity contribution in [1.82, 2.24) is 5.32 Å². The fourth-order valence-electron chi connectivity index (χ4n) is 2.10. The zero-order valence-corrected chi connectivity index (χ0v) is 16.1. The number of nitrogens with zero attached hydrogens (tertiary/aromatic N) is 1. The number of rotatable bonds is 6. The lowest BCUT2D eigenvalue weighted by Crippen LogP contribution is -2.28. The van der Waals surface area contributed by atoms with Gasteiger partial charge in [0.1, 0.15) is 17.4 Å². The van der Waals surface area contributed by atoms with Crippen molar-refractivity contribution in [2.45, 2.75) is 13.0 Å². The molecule has 0 bridgehead atoms. The molecule has 1 unspecified atom stereocenters. The van der Waals surface area contributed by atoms with Crippen molar-refractivity contribution in [1.29, 1.82) is 5.26 Å². The lowest BCUT2D eigenvalue weighted by molar-refractivity contribution is -0.117. The summed E-state index contributed by atoms with van der Waals surface area (Å²) in [4.78, 5) is 12.3. The van der Waals surface area contributed by atoms with Gasteiger partial charge in [-0.25, -0.2) is 0 Å². The predicted octanol–water partition coefficient (Wildman–Crippen LogP) is 4.00. The average molecular weight is 447 g/mol. The molecular weight excluding hydrogens is 429 g/mol. The molecular formula is C19H18IN3O2. The van der Waals surface area contributed by atoms with E-state index in [9.17, 15) is 10.1 Å². The number of methoxy groups -OCH3 is 1. The van der Waals surface area contributed by atoms with Gasteiger partial charge in [0, 0.05) is 15.5 Å². The van der Waals surface area contributed by atoms with Crippen LogP contribution in [0.3, 0.4) is 0 Å². The first kappa shape index (κ1) is 18.8. The molecule has 1 amide bonds. The molecule has 0 heterocycles. The van der Waals surface area contributed by atoms with E-state index >= 15 is 0 Å². The Morgan fingerprint density at radius 2 is 1.84 bits per heavy atom. The number of amides is 1. The molecule has 0 radical (unpaired) electrons. The Balaban J connectivity index is 2.01. The standard InChI is InChI=1S/C19H18IN3O2/c1-13(14-3-9-18(25-2)10-4-14)23-19(24)15(11-21)12-22-17-7-5-16(20)6-8-17/h3-10,12-13,22H,1-2H3,(H,23,24)/b15-12-. The minimum absolute atomic E-state index is 0.0129. The number of carbonyl (C=O) groups excluding carboxylic acids is 1. The Morgan fingerprint density at radius 1 is 1.20 bits per heavy atom. The number of nitrogens with one attached hydrogen (secondary N) is 2. The van der Waals surface area contributed by atoms with Crippen molar-refractivity contribution in [3.05, 3.63) is 69.4 Å². The largest absolute Gasteiger partial charge is 0.497 e. The summed E-state index contributed by atoms with van der Waals surface area (Å²) in [6.07, 6.45) is 1.41. The van der Waals surface area contributed by atoms with Gasteiger partial charge in [-0.15, -0.1) is 0 Å². The number of benzene rings is 2. The van der Waals surface area contributed by atoms with E-state index in [0.717, 1.165) is 20.6 Å². The summed E-state index contributed by atoms with van der Waals surface area (Å²) in [6, 6.07) is 16.8. The summed E-state index contributed by atoms with van der Waals surface area (Å²) in [6.45, 7) is 1.86. The summed E-state index contributed by atoms with van der Waals surface area (Å²) in [7, 11) is 1.60. The predicted molar refractivity (Wildman–Crippen MR) is 106 cm³/mol. The Hall–Kier alpha value is -2.53. The topological polar surface area (TPSA) is 74.1 Å². The van der Waals surface area contributed by atoms with E-state index in [1.54, 1.807) is 7.11 Å². The first-order valence-corrected chi connectivity index (χ1v) is 8.68. The van der Waals surface area contributed by atoms with Crippen molar-refractivity contribution in [3.63, 3.8) is 0 Å². The zero-order chi connectivity index (χ0) is 18.2. The number of hydrogen-bond donors (Lipinski definition) is 2. The monoisotopic (exact) mass is 447 g/mol. The molecule has 2 N–H and O–H groups in total. The number of hydrogen-bond acceptors (Lipinski definition) is 4. The van der Waals surface area contributed by atoms with Gasteiger partial charge in [-0.1, -0.05) is 12.1 Å². The van der Waals surface area contributed by atoms with Crippen LogP contribution in [0, 0.1) is 14.9 Å². The SMILES string of the molecule is COc1ccc(C(C)NC(=O)/C(C#N)=C\Nc2ccc(I)cc2)cc1. The lowest BCUT2D eigenvalue weighted by Gasteiger charge is -2.14. The molecule has 2 rings (SSSR count). The van der Waals surface area contributed by atoms with Crippen molar-refractivity contribution < 1.29 is 9.53 Å². The van der Waals surface area contributed by atoms with Crippen LogP contribution < -0.4 is 15.4 Å². The van der Waals surface area contributed by atoms with E-state index in [0.29, 0.717) is 0 Å². The van der Waals surface area contributed by atoms with Gasteiger partial charge in [0.2, 0.25) is 0 Å². The molecule has 0 aliphatic carbocycles. The molecule has 5 nitrogen and oxygen atoms in total. The molecule has 0 aliphatic rings. The molecule has 0 fully saturated rings. The Bertz CT molecular complexity index is 793. The lowest BCUT2D eigenvalue weighted by atomic mass is 10.1. The van der Waals surface area contributed by atoms with E-state index in [-0.39, 0.29) is 11.6 Å². The Labute approximate surface area is 160 Å². The second-order valence-corrected chi connectivity index (χ2v) is 6.53. The van der Waals surface area contributed by atoms with Crippen LogP contribution in [0.15, 0.2) is 60.3 Å². The summed E-state index contributed by atoms with van der Waals surface area (Å²) in [5.41, 5.74) is 1.75. The highest BCUT2D eigenvalue weighted by atomic mass is 127. The van der Waals surface area contributed by atoms with Crippen LogP contribution in [0.5, 0.6) is 5.75 Å². The van der Waals surface area contributed by atoms with Crippen molar-refractivity contribution >= 4 is 34.2 Å². The number of halogens is 1. The van der Waals surface area contributed by atoms with Crippen molar-refractivity contribution in [3.8, 4) is 11.8 Å². The average Bonchev–Trinajstić information content (AvgIpc) is 2.63. The van der Waals surface area contributed by atoms with Crippen LogP contribution in [0.1, 0.15) is 18.5 Å². The van der Waals surface area contributed by atoms with Crippen LogP contribution in [0.25, 0.3) is 0 Å². The first-order chi connectivity index (χ1) is 12.0. The van der Waals surface area contributed by atoms with Gasteiger partial charge in [0.05, 0.1) is 13.2 Å². The molecule has 1 atom stereocenters. The molecule has 0 saturated heterocycles. The molecule has 0 aromatic heterocycles. The second kappa shape index (κ2) is 9.08. The second-order valence-electron chi connectivity index (χ2n) is 5.29. The smallest absolute Gasteiger partial charge is 0.263 e. The highest BCUT2D eigenvalue weighted by Gasteiger charge is 2.13. The van der Waals surface area contributed by atoms with Crippen LogP contribution >= 0.6 is 22.6 Å². The van der Waals surface area contributed by atoms with Gasteiger partial charge in [0.25, 0.3) is 5.91 Å². The number of anilines is 1. The highest BCUT2D eigenvalue weighted by molar-refractivity contribution is 14.1. The number of carbonyl (C=O) groups is 1. The van der Waals surface area contributed by atoms with Crippen LogP contribution in [-0.2, 0) is 4.79 Å². The van der Waals surface area contributed by atoms with Crippen molar-refractivity contribution in [2.24, 2.45) is 0 Å². The van der Waals surface area contributed by atoms with E-state index in [2.05, 4.69) is 33.2 Å². The number of ether oxygens (including phenoxy) is 1. The molecule has 25 heavy (non-hydrogen) atoms.